The molecule has 2 atom stereocenters. The standard InChI is InChI=1S/C26H32N2O2/c1-20(29)28-19-24(12-13-25(28)23-10-6-3-7-11-23)26(30)27-16-14-22(15-17-27)18-21-8-4-2-5-9-21/h2-11,22,24-25H,12-19H2,1H3. The van der Waals surface area contributed by atoms with Crippen LogP contribution in [0, 0.1) is 11.8 Å². The highest BCUT2D eigenvalue weighted by Crippen LogP contribution is 2.34. The van der Waals surface area contributed by atoms with Crippen molar-refractivity contribution in [1.82, 2.24) is 9.80 Å². The van der Waals surface area contributed by atoms with Crippen molar-refractivity contribution < 1.29 is 9.59 Å². The van der Waals surface area contributed by atoms with Crippen LogP contribution < -0.4 is 0 Å². The van der Waals surface area contributed by atoms with Crippen LogP contribution in [0.5, 0.6) is 0 Å². The van der Waals surface area contributed by atoms with E-state index in [0.29, 0.717) is 12.5 Å². The fourth-order valence-electron chi connectivity index (χ4n) is 5.11. The van der Waals surface area contributed by atoms with Gasteiger partial charge in [-0.15, -0.1) is 0 Å². The molecule has 2 aromatic rings. The predicted molar refractivity (Wildman–Crippen MR) is 119 cm³/mol. The zero-order chi connectivity index (χ0) is 20.9. The topological polar surface area (TPSA) is 40.6 Å². The van der Waals surface area contributed by atoms with Gasteiger partial charge in [0.05, 0.1) is 12.0 Å². The number of carbonyl (C=O) groups is 2. The summed E-state index contributed by atoms with van der Waals surface area (Å²) in [5.74, 6) is 0.882. The lowest BCUT2D eigenvalue weighted by atomic mass is 9.86. The average Bonchev–Trinajstić information content (AvgIpc) is 2.80. The van der Waals surface area contributed by atoms with Crippen molar-refractivity contribution in [2.75, 3.05) is 19.6 Å². The lowest BCUT2D eigenvalue weighted by Gasteiger charge is -2.41. The molecule has 158 valence electrons. The Balaban J connectivity index is 1.33. The van der Waals surface area contributed by atoms with Gasteiger partial charge >= 0.3 is 0 Å². The van der Waals surface area contributed by atoms with E-state index < -0.39 is 0 Å². The largest absolute Gasteiger partial charge is 0.342 e. The Hall–Kier alpha value is -2.62. The maximum absolute atomic E-state index is 13.2. The van der Waals surface area contributed by atoms with E-state index in [0.717, 1.165) is 45.2 Å². The Morgan fingerprint density at radius 2 is 1.50 bits per heavy atom. The van der Waals surface area contributed by atoms with Crippen LogP contribution in [0.15, 0.2) is 60.7 Å². The number of hydrogen-bond donors (Lipinski definition) is 0. The molecule has 0 spiro atoms. The summed E-state index contributed by atoms with van der Waals surface area (Å²) in [6.07, 6.45) is 4.94. The summed E-state index contributed by atoms with van der Waals surface area (Å²) in [6.45, 7) is 3.85. The first-order valence-corrected chi connectivity index (χ1v) is 11.3. The van der Waals surface area contributed by atoms with Crippen molar-refractivity contribution in [3.63, 3.8) is 0 Å². The van der Waals surface area contributed by atoms with E-state index in [9.17, 15) is 9.59 Å². The molecule has 0 radical (unpaired) electrons. The van der Waals surface area contributed by atoms with Crippen molar-refractivity contribution in [2.45, 2.75) is 45.1 Å². The molecule has 0 N–H and O–H groups in total. The minimum atomic E-state index is -0.0699. The third-order valence-corrected chi connectivity index (χ3v) is 6.81. The van der Waals surface area contributed by atoms with E-state index >= 15 is 0 Å². The normalized spacial score (nSPS) is 22.7. The minimum absolute atomic E-state index is 0.0583. The summed E-state index contributed by atoms with van der Waals surface area (Å²) in [5, 5.41) is 0. The predicted octanol–water partition coefficient (Wildman–Crippen LogP) is 4.47. The highest BCUT2D eigenvalue weighted by molar-refractivity contribution is 5.81. The van der Waals surface area contributed by atoms with Gasteiger partial charge < -0.3 is 9.80 Å². The monoisotopic (exact) mass is 404 g/mol. The Bertz CT molecular complexity index is 844. The maximum Gasteiger partial charge on any atom is 0.227 e. The van der Waals surface area contributed by atoms with E-state index in [1.807, 2.05) is 28.0 Å². The molecule has 4 nitrogen and oxygen atoms in total. The van der Waals surface area contributed by atoms with Gasteiger partial charge in [-0.3, -0.25) is 9.59 Å². The Morgan fingerprint density at radius 1 is 0.867 bits per heavy atom. The van der Waals surface area contributed by atoms with Gasteiger partial charge in [-0.2, -0.15) is 0 Å². The van der Waals surface area contributed by atoms with Gasteiger partial charge in [0.15, 0.2) is 0 Å². The molecule has 0 aromatic heterocycles. The Morgan fingerprint density at radius 3 is 2.13 bits per heavy atom. The molecule has 2 amide bonds. The van der Waals surface area contributed by atoms with Gasteiger partial charge in [0.1, 0.15) is 0 Å². The highest BCUT2D eigenvalue weighted by Gasteiger charge is 2.36. The van der Waals surface area contributed by atoms with E-state index in [-0.39, 0.29) is 23.8 Å². The van der Waals surface area contributed by atoms with E-state index in [4.69, 9.17) is 0 Å². The quantitative estimate of drug-likeness (QED) is 0.754. The van der Waals surface area contributed by atoms with Crippen LogP contribution in [0.25, 0.3) is 0 Å². The van der Waals surface area contributed by atoms with E-state index in [1.54, 1.807) is 6.92 Å². The summed E-state index contributed by atoms with van der Waals surface area (Å²) in [6, 6.07) is 20.9. The fourth-order valence-corrected chi connectivity index (χ4v) is 5.11. The number of hydrogen-bond acceptors (Lipinski definition) is 2. The van der Waals surface area contributed by atoms with Crippen LogP contribution in [0.1, 0.15) is 49.8 Å². The van der Waals surface area contributed by atoms with Gasteiger partial charge in [0, 0.05) is 26.6 Å². The first-order chi connectivity index (χ1) is 14.6. The average molecular weight is 405 g/mol. The van der Waals surface area contributed by atoms with Gasteiger partial charge in [-0.25, -0.2) is 0 Å². The van der Waals surface area contributed by atoms with Crippen LogP contribution in [0.4, 0.5) is 0 Å². The summed E-state index contributed by atoms with van der Waals surface area (Å²) in [7, 11) is 0. The smallest absolute Gasteiger partial charge is 0.227 e. The Labute approximate surface area is 179 Å². The number of rotatable bonds is 4. The number of amides is 2. The third-order valence-electron chi connectivity index (χ3n) is 6.81. The van der Waals surface area contributed by atoms with E-state index in [2.05, 4.69) is 42.5 Å². The van der Waals surface area contributed by atoms with Crippen molar-refractivity contribution in [1.29, 1.82) is 0 Å². The number of likely N-dealkylation sites (tertiary alicyclic amines) is 2. The molecule has 2 saturated heterocycles. The van der Waals surface area contributed by atoms with Crippen molar-refractivity contribution in [2.24, 2.45) is 11.8 Å². The molecule has 2 heterocycles. The molecular formula is C26H32N2O2. The summed E-state index contributed by atoms with van der Waals surface area (Å²) >= 11 is 0. The molecule has 2 unspecified atom stereocenters. The Kier molecular flexibility index (Phi) is 6.51. The number of benzene rings is 2. The summed E-state index contributed by atoms with van der Waals surface area (Å²) in [5.41, 5.74) is 2.55. The minimum Gasteiger partial charge on any atom is -0.342 e. The number of nitrogens with zero attached hydrogens (tertiary/aromatic N) is 2. The van der Waals surface area contributed by atoms with Crippen molar-refractivity contribution in [3.05, 3.63) is 71.8 Å². The highest BCUT2D eigenvalue weighted by atomic mass is 16.2. The first-order valence-electron chi connectivity index (χ1n) is 11.3. The first kappa shape index (κ1) is 20.6. The van der Waals surface area contributed by atoms with Crippen LogP contribution in [-0.2, 0) is 16.0 Å². The second-order valence-corrected chi connectivity index (χ2v) is 8.83. The van der Waals surface area contributed by atoms with E-state index in [1.165, 1.54) is 11.1 Å². The van der Waals surface area contributed by atoms with Gasteiger partial charge in [0.2, 0.25) is 11.8 Å². The number of carbonyl (C=O) groups excluding carboxylic acids is 2. The molecule has 0 aliphatic carbocycles. The third kappa shape index (κ3) is 4.75. The fraction of sp³-hybridized carbons (Fsp3) is 0.462. The molecule has 2 aromatic carbocycles. The molecule has 0 bridgehead atoms. The molecule has 0 saturated carbocycles. The molecule has 2 fully saturated rings. The van der Waals surface area contributed by atoms with Crippen LogP contribution in [0.3, 0.4) is 0 Å². The molecule has 2 aliphatic heterocycles. The zero-order valence-corrected chi connectivity index (χ0v) is 17.9. The van der Waals surface area contributed by atoms with Crippen molar-refractivity contribution >= 4 is 11.8 Å². The van der Waals surface area contributed by atoms with Crippen LogP contribution in [-0.4, -0.2) is 41.2 Å². The van der Waals surface area contributed by atoms with Gasteiger partial charge in [0.25, 0.3) is 0 Å². The molecule has 30 heavy (non-hydrogen) atoms. The van der Waals surface area contributed by atoms with Gasteiger partial charge in [-0.1, -0.05) is 60.7 Å². The number of piperidine rings is 2. The SMILES string of the molecule is CC(=O)N1CC(C(=O)N2CCC(Cc3ccccc3)CC2)CCC1c1ccccc1. The second kappa shape index (κ2) is 9.46. The molecule has 4 rings (SSSR count). The second-order valence-electron chi connectivity index (χ2n) is 8.83. The van der Waals surface area contributed by atoms with Crippen LogP contribution >= 0.6 is 0 Å². The summed E-state index contributed by atoms with van der Waals surface area (Å²) < 4.78 is 0. The molecule has 2 aliphatic rings. The lowest BCUT2D eigenvalue weighted by Crippen LogP contribution is -2.49. The zero-order valence-electron chi connectivity index (χ0n) is 17.9. The van der Waals surface area contributed by atoms with Gasteiger partial charge in [-0.05, 0) is 49.1 Å². The molecule has 4 heteroatoms. The molecular weight excluding hydrogens is 372 g/mol. The maximum atomic E-state index is 13.2. The summed E-state index contributed by atoms with van der Waals surface area (Å²) in [4.78, 5) is 29.5. The van der Waals surface area contributed by atoms with Crippen LogP contribution in [0.2, 0.25) is 0 Å². The lowest BCUT2D eigenvalue weighted by molar-refractivity contribution is -0.143. The van der Waals surface area contributed by atoms with Crippen molar-refractivity contribution in [3.8, 4) is 0 Å².